The van der Waals surface area contributed by atoms with Crippen molar-refractivity contribution in [2.24, 2.45) is 0 Å². The molecule has 1 amide bonds. The lowest BCUT2D eigenvalue weighted by Gasteiger charge is -2.14. The Kier molecular flexibility index (Phi) is 4.88. The zero-order valence-electron chi connectivity index (χ0n) is 12.2. The van der Waals surface area contributed by atoms with Gasteiger partial charge in [0, 0.05) is 0 Å². The first-order valence-electron chi connectivity index (χ1n) is 6.73. The van der Waals surface area contributed by atoms with E-state index < -0.39 is 23.5 Å². The highest BCUT2D eigenvalue weighted by atomic mass is 19.4. The van der Waals surface area contributed by atoms with Crippen LogP contribution in [0.25, 0.3) is 0 Å². The molecule has 122 valence electrons. The van der Waals surface area contributed by atoms with Crippen LogP contribution >= 0.6 is 0 Å². The number of halogens is 4. The lowest BCUT2D eigenvalue weighted by atomic mass is 10.1. The lowest BCUT2D eigenvalue weighted by Crippen LogP contribution is -2.23. The van der Waals surface area contributed by atoms with Crippen molar-refractivity contribution in [3.05, 3.63) is 59.4 Å². The van der Waals surface area contributed by atoms with Crippen LogP contribution in [0, 0.1) is 12.7 Å². The van der Waals surface area contributed by atoms with Crippen molar-refractivity contribution >= 4 is 17.3 Å². The first kappa shape index (κ1) is 16.8. The Morgan fingerprint density at radius 2 is 1.78 bits per heavy atom. The molecule has 0 aliphatic carbocycles. The number of carbonyl (C=O) groups excluding carboxylic acids is 1. The molecule has 0 saturated carbocycles. The number of aryl methyl sites for hydroxylation is 1. The van der Waals surface area contributed by atoms with Crippen molar-refractivity contribution < 1.29 is 22.4 Å². The monoisotopic (exact) mass is 326 g/mol. The maximum absolute atomic E-state index is 13.6. The number of amides is 1. The molecule has 0 aromatic heterocycles. The number of hydrogen-bond donors (Lipinski definition) is 2. The third-order valence-corrected chi connectivity index (χ3v) is 3.07. The van der Waals surface area contributed by atoms with Crippen LogP contribution in [0.15, 0.2) is 42.5 Å². The molecule has 0 unspecified atom stereocenters. The van der Waals surface area contributed by atoms with Crippen LogP contribution in [0.3, 0.4) is 0 Å². The van der Waals surface area contributed by atoms with E-state index in [1.54, 1.807) is 13.0 Å². The van der Waals surface area contributed by atoms with Crippen LogP contribution in [0.2, 0.25) is 0 Å². The summed E-state index contributed by atoms with van der Waals surface area (Å²) in [6.45, 7) is 1.36. The van der Waals surface area contributed by atoms with Gasteiger partial charge in [0.05, 0.1) is 23.5 Å². The van der Waals surface area contributed by atoms with E-state index in [4.69, 9.17) is 0 Å². The Bertz CT molecular complexity index is 713. The van der Waals surface area contributed by atoms with Crippen LogP contribution in [-0.4, -0.2) is 12.5 Å². The SMILES string of the molecule is Cc1ccc(NCC(=O)Nc2ccccc2C(F)(F)F)c(F)c1. The standard InChI is InChI=1S/C16H14F4N2O/c1-10-6-7-14(12(17)8-10)21-9-15(23)22-13-5-3-2-4-11(13)16(18,19)20/h2-8,21H,9H2,1H3,(H,22,23). The molecule has 3 nitrogen and oxygen atoms in total. The average Bonchev–Trinajstić information content (AvgIpc) is 2.46. The predicted molar refractivity (Wildman–Crippen MR) is 79.7 cm³/mol. The van der Waals surface area contributed by atoms with Gasteiger partial charge in [0.15, 0.2) is 0 Å². The van der Waals surface area contributed by atoms with E-state index in [0.717, 1.165) is 17.7 Å². The van der Waals surface area contributed by atoms with Gasteiger partial charge in [0.2, 0.25) is 5.91 Å². The smallest absolute Gasteiger partial charge is 0.374 e. The molecule has 0 aliphatic heterocycles. The zero-order chi connectivity index (χ0) is 17.0. The summed E-state index contributed by atoms with van der Waals surface area (Å²) in [4.78, 5) is 11.8. The van der Waals surface area contributed by atoms with Crippen LogP contribution in [-0.2, 0) is 11.0 Å². The predicted octanol–water partition coefficient (Wildman–Crippen LogP) is 4.20. The van der Waals surface area contributed by atoms with Crippen LogP contribution in [0.5, 0.6) is 0 Å². The average molecular weight is 326 g/mol. The molecule has 0 fully saturated rings. The van der Waals surface area contributed by atoms with Crippen LogP contribution in [0.4, 0.5) is 28.9 Å². The van der Waals surface area contributed by atoms with Gasteiger partial charge in [0.1, 0.15) is 5.82 Å². The van der Waals surface area contributed by atoms with Gasteiger partial charge in [0.25, 0.3) is 0 Å². The number of alkyl halides is 3. The highest BCUT2D eigenvalue weighted by molar-refractivity contribution is 5.94. The summed E-state index contributed by atoms with van der Waals surface area (Å²) >= 11 is 0. The molecule has 2 N–H and O–H groups in total. The molecule has 0 radical (unpaired) electrons. The minimum atomic E-state index is -4.57. The number of anilines is 2. The van der Waals surface area contributed by atoms with Gasteiger partial charge in [-0.15, -0.1) is 0 Å². The number of hydrogen-bond acceptors (Lipinski definition) is 2. The van der Waals surface area contributed by atoms with Crippen molar-refractivity contribution in [2.75, 3.05) is 17.2 Å². The summed E-state index contributed by atoms with van der Waals surface area (Å²) in [5.74, 6) is -1.24. The Morgan fingerprint density at radius 1 is 1.09 bits per heavy atom. The Balaban J connectivity index is 2.03. The van der Waals surface area contributed by atoms with Crippen molar-refractivity contribution in [1.29, 1.82) is 0 Å². The highest BCUT2D eigenvalue weighted by Crippen LogP contribution is 2.34. The van der Waals surface area contributed by atoms with Crippen molar-refractivity contribution in [2.45, 2.75) is 13.1 Å². The summed E-state index contributed by atoms with van der Waals surface area (Å²) in [7, 11) is 0. The normalized spacial score (nSPS) is 11.2. The van der Waals surface area contributed by atoms with Crippen LogP contribution in [0.1, 0.15) is 11.1 Å². The number of benzene rings is 2. The van der Waals surface area contributed by atoms with Crippen molar-refractivity contribution in [3.8, 4) is 0 Å². The van der Waals surface area contributed by atoms with E-state index in [2.05, 4.69) is 10.6 Å². The molecule has 23 heavy (non-hydrogen) atoms. The molecule has 0 spiro atoms. The van der Waals surface area contributed by atoms with Gasteiger partial charge in [-0.3, -0.25) is 4.79 Å². The second-order valence-corrected chi connectivity index (χ2v) is 4.93. The highest BCUT2D eigenvalue weighted by Gasteiger charge is 2.33. The topological polar surface area (TPSA) is 41.1 Å². The van der Waals surface area contributed by atoms with Gasteiger partial charge >= 0.3 is 6.18 Å². The lowest BCUT2D eigenvalue weighted by molar-refractivity contribution is -0.137. The Morgan fingerprint density at radius 3 is 2.43 bits per heavy atom. The number of para-hydroxylation sites is 1. The maximum atomic E-state index is 13.6. The van der Waals surface area contributed by atoms with Gasteiger partial charge < -0.3 is 10.6 Å². The van der Waals surface area contributed by atoms with Gasteiger partial charge in [-0.2, -0.15) is 13.2 Å². The van der Waals surface area contributed by atoms with E-state index in [1.807, 2.05) is 0 Å². The van der Waals surface area contributed by atoms with Gasteiger partial charge in [-0.05, 0) is 36.8 Å². The minimum Gasteiger partial charge on any atom is -0.374 e. The van der Waals surface area contributed by atoms with E-state index in [1.165, 1.54) is 24.3 Å². The summed E-state index contributed by atoms with van der Waals surface area (Å²) < 4.78 is 52.1. The number of carbonyl (C=O) groups is 1. The molecule has 0 bridgehead atoms. The van der Waals surface area contributed by atoms with E-state index in [9.17, 15) is 22.4 Å². The van der Waals surface area contributed by atoms with E-state index >= 15 is 0 Å². The first-order chi connectivity index (χ1) is 10.8. The second-order valence-electron chi connectivity index (χ2n) is 4.93. The molecule has 0 heterocycles. The van der Waals surface area contributed by atoms with Crippen LogP contribution < -0.4 is 10.6 Å². The van der Waals surface area contributed by atoms with Crippen molar-refractivity contribution in [1.82, 2.24) is 0 Å². The Hall–Kier alpha value is -2.57. The minimum absolute atomic E-state index is 0.106. The second kappa shape index (κ2) is 6.68. The van der Waals surface area contributed by atoms with Crippen molar-refractivity contribution in [3.63, 3.8) is 0 Å². The molecule has 0 saturated heterocycles. The quantitative estimate of drug-likeness (QED) is 0.827. The van der Waals surface area contributed by atoms with Gasteiger partial charge in [-0.25, -0.2) is 4.39 Å². The Labute approximate surface area is 130 Å². The summed E-state index contributed by atoms with van der Waals surface area (Å²) in [6, 6.07) is 9.06. The molecule has 0 atom stereocenters. The molecular weight excluding hydrogens is 312 g/mol. The largest absolute Gasteiger partial charge is 0.418 e. The fourth-order valence-corrected chi connectivity index (χ4v) is 1.97. The molecule has 2 rings (SSSR count). The molecule has 2 aromatic rings. The third kappa shape index (κ3) is 4.45. The van der Waals surface area contributed by atoms with E-state index in [-0.39, 0.29) is 17.9 Å². The fraction of sp³-hybridized carbons (Fsp3) is 0.188. The number of nitrogens with one attached hydrogen (secondary N) is 2. The number of rotatable bonds is 4. The third-order valence-electron chi connectivity index (χ3n) is 3.07. The summed E-state index contributed by atoms with van der Waals surface area (Å²) in [5.41, 5.74) is -0.447. The summed E-state index contributed by atoms with van der Waals surface area (Å²) in [6.07, 6.45) is -4.57. The molecule has 0 aliphatic rings. The molecular formula is C16H14F4N2O. The summed E-state index contributed by atoms with van der Waals surface area (Å²) in [5, 5.41) is 4.72. The molecule has 2 aromatic carbocycles. The molecule has 7 heteroatoms. The first-order valence-corrected chi connectivity index (χ1v) is 6.73. The van der Waals surface area contributed by atoms with E-state index in [0.29, 0.717) is 0 Å². The fourth-order valence-electron chi connectivity index (χ4n) is 1.97. The zero-order valence-corrected chi connectivity index (χ0v) is 12.2. The maximum Gasteiger partial charge on any atom is 0.418 e. The van der Waals surface area contributed by atoms with Gasteiger partial charge in [-0.1, -0.05) is 18.2 Å².